The molecule has 0 bridgehead atoms. The number of nitrogens with zero attached hydrogens (tertiary/aromatic N) is 1. The van der Waals surface area contributed by atoms with E-state index in [2.05, 4.69) is 0 Å². The SMILES string of the molecule is C[C@@H](Oc1ccccc1[N+](=O)[O-])C(=O)Nc1ccc(F)c(F)c1F. The summed E-state index contributed by atoms with van der Waals surface area (Å²) in [5.41, 5.74) is -0.923. The van der Waals surface area contributed by atoms with Crippen LogP contribution in [0, 0.1) is 27.6 Å². The first-order valence-corrected chi connectivity index (χ1v) is 6.65. The van der Waals surface area contributed by atoms with Crippen LogP contribution in [0.2, 0.25) is 0 Å². The lowest BCUT2D eigenvalue weighted by molar-refractivity contribution is -0.386. The zero-order chi connectivity index (χ0) is 17.9. The van der Waals surface area contributed by atoms with Gasteiger partial charge in [-0.05, 0) is 25.1 Å². The number of ether oxygens (including phenoxy) is 1. The number of carbonyl (C=O) groups is 1. The van der Waals surface area contributed by atoms with E-state index in [1.807, 2.05) is 5.32 Å². The van der Waals surface area contributed by atoms with Crippen molar-refractivity contribution in [3.05, 3.63) is 64.0 Å². The number of hydrogen-bond acceptors (Lipinski definition) is 4. The predicted molar refractivity (Wildman–Crippen MR) is 78.1 cm³/mol. The van der Waals surface area contributed by atoms with Crippen molar-refractivity contribution in [2.24, 2.45) is 0 Å². The number of anilines is 1. The zero-order valence-electron chi connectivity index (χ0n) is 12.3. The molecule has 0 unspecified atom stereocenters. The second kappa shape index (κ2) is 6.99. The van der Waals surface area contributed by atoms with Crippen molar-refractivity contribution >= 4 is 17.3 Å². The van der Waals surface area contributed by atoms with Gasteiger partial charge in [0.25, 0.3) is 5.91 Å². The average molecular weight is 340 g/mol. The molecule has 126 valence electrons. The number of carbonyl (C=O) groups excluding carboxylic acids is 1. The summed E-state index contributed by atoms with van der Waals surface area (Å²) in [6, 6.07) is 6.88. The second-order valence-corrected chi connectivity index (χ2v) is 4.70. The molecule has 0 aliphatic carbocycles. The number of hydrogen-bond donors (Lipinski definition) is 1. The Kier molecular flexibility index (Phi) is 5.02. The van der Waals surface area contributed by atoms with Crippen LogP contribution in [-0.4, -0.2) is 16.9 Å². The molecule has 0 aromatic heterocycles. The van der Waals surface area contributed by atoms with Gasteiger partial charge in [0, 0.05) is 6.07 Å². The fourth-order valence-corrected chi connectivity index (χ4v) is 1.81. The van der Waals surface area contributed by atoms with Crippen LogP contribution >= 0.6 is 0 Å². The summed E-state index contributed by atoms with van der Waals surface area (Å²) >= 11 is 0. The van der Waals surface area contributed by atoms with Crippen LogP contribution in [0.4, 0.5) is 24.5 Å². The summed E-state index contributed by atoms with van der Waals surface area (Å²) in [6.07, 6.45) is -1.25. The minimum atomic E-state index is -1.72. The van der Waals surface area contributed by atoms with E-state index in [1.165, 1.54) is 31.2 Å². The number of benzene rings is 2. The minimum absolute atomic E-state index is 0.157. The molecule has 0 saturated carbocycles. The molecule has 1 N–H and O–H groups in total. The van der Waals surface area contributed by atoms with Crippen LogP contribution in [-0.2, 0) is 4.79 Å². The smallest absolute Gasteiger partial charge is 0.310 e. The van der Waals surface area contributed by atoms with Gasteiger partial charge < -0.3 is 10.1 Å². The van der Waals surface area contributed by atoms with E-state index >= 15 is 0 Å². The van der Waals surface area contributed by atoms with Crippen molar-refractivity contribution < 1.29 is 27.6 Å². The topological polar surface area (TPSA) is 81.5 Å². The Balaban J connectivity index is 2.14. The monoisotopic (exact) mass is 340 g/mol. The maximum absolute atomic E-state index is 13.5. The summed E-state index contributed by atoms with van der Waals surface area (Å²) in [4.78, 5) is 22.1. The molecule has 1 atom stereocenters. The van der Waals surface area contributed by atoms with Crippen molar-refractivity contribution in [2.75, 3.05) is 5.32 Å². The maximum Gasteiger partial charge on any atom is 0.310 e. The molecular formula is C15H11F3N2O4. The first-order chi connectivity index (χ1) is 11.3. The molecule has 0 saturated heterocycles. The Morgan fingerprint density at radius 3 is 2.50 bits per heavy atom. The van der Waals surface area contributed by atoms with Crippen LogP contribution < -0.4 is 10.1 Å². The van der Waals surface area contributed by atoms with E-state index in [1.54, 1.807) is 0 Å². The lowest BCUT2D eigenvalue weighted by Gasteiger charge is -2.15. The van der Waals surface area contributed by atoms with E-state index in [0.29, 0.717) is 6.07 Å². The van der Waals surface area contributed by atoms with Gasteiger partial charge in [0.2, 0.25) is 0 Å². The van der Waals surface area contributed by atoms with Crippen LogP contribution in [0.3, 0.4) is 0 Å². The highest BCUT2D eigenvalue weighted by molar-refractivity contribution is 5.94. The molecule has 0 aliphatic rings. The Hall–Kier alpha value is -3.10. The van der Waals surface area contributed by atoms with Crippen LogP contribution in [0.1, 0.15) is 6.92 Å². The number of nitro groups is 1. The molecule has 24 heavy (non-hydrogen) atoms. The number of amides is 1. The maximum atomic E-state index is 13.5. The van der Waals surface area contributed by atoms with Gasteiger partial charge in [0.1, 0.15) is 0 Å². The molecular weight excluding hydrogens is 329 g/mol. The molecule has 1 amide bonds. The molecule has 0 radical (unpaired) electrons. The molecule has 9 heteroatoms. The summed E-state index contributed by atoms with van der Waals surface area (Å²) in [5, 5.41) is 12.9. The first kappa shape index (κ1) is 17.3. The van der Waals surface area contributed by atoms with E-state index in [4.69, 9.17) is 4.74 Å². The van der Waals surface area contributed by atoms with Gasteiger partial charge in [-0.15, -0.1) is 0 Å². The van der Waals surface area contributed by atoms with E-state index in [-0.39, 0.29) is 11.4 Å². The third kappa shape index (κ3) is 3.62. The standard InChI is InChI=1S/C15H11F3N2O4/c1-8(24-12-5-3-2-4-11(12)20(22)23)15(21)19-10-7-6-9(16)13(17)14(10)18/h2-8H,1H3,(H,19,21)/t8-/m1/s1. The van der Waals surface area contributed by atoms with Crippen molar-refractivity contribution in [3.8, 4) is 5.75 Å². The number of para-hydroxylation sites is 2. The Morgan fingerprint density at radius 1 is 1.17 bits per heavy atom. The summed E-state index contributed by atoms with van der Waals surface area (Å²) in [5.74, 6) is -5.72. The molecule has 6 nitrogen and oxygen atoms in total. The van der Waals surface area contributed by atoms with Crippen LogP contribution in [0.15, 0.2) is 36.4 Å². The third-order valence-electron chi connectivity index (χ3n) is 3.03. The Labute approximate surface area is 134 Å². The summed E-state index contributed by atoms with van der Waals surface area (Å²) < 4.78 is 44.7. The predicted octanol–water partition coefficient (Wildman–Crippen LogP) is 3.42. The lowest BCUT2D eigenvalue weighted by Crippen LogP contribution is -2.30. The van der Waals surface area contributed by atoms with Crippen molar-refractivity contribution in [3.63, 3.8) is 0 Å². The van der Waals surface area contributed by atoms with Crippen LogP contribution in [0.25, 0.3) is 0 Å². The quantitative estimate of drug-likeness (QED) is 0.514. The fraction of sp³-hybridized carbons (Fsp3) is 0.133. The highest BCUT2D eigenvalue weighted by Crippen LogP contribution is 2.27. The number of nitro benzene ring substituents is 1. The number of halogens is 3. The second-order valence-electron chi connectivity index (χ2n) is 4.70. The average Bonchev–Trinajstić information content (AvgIpc) is 2.55. The highest BCUT2D eigenvalue weighted by Gasteiger charge is 2.22. The Morgan fingerprint density at radius 2 is 1.83 bits per heavy atom. The van der Waals surface area contributed by atoms with Gasteiger partial charge in [-0.1, -0.05) is 12.1 Å². The normalized spacial score (nSPS) is 11.7. The van der Waals surface area contributed by atoms with Gasteiger partial charge in [-0.3, -0.25) is 14.9 Å². The molecule has 0 spiro atoms. The van der Waals surface area contributed by atoms with Crippen molar-refractivity contribution in [1.29, 1.82) is 0 Å². The number of rotatable bonds is 5. The summed E-state index contributed by atoms with van der Waals surface area (Å²) in [6.45, 7) is 1.27. The van der Waals surface area contributed by atoms with E-state index < -0.39 is 40.1 Å². The van der Waals surface area contributed by atoms with Crippen molar-refractivity contribution in [1.82, 2.24) is 0 Å². The Bertz CT molecular complexity index is 798. The lowest BCUT2D eigenvalue weighted by atomic mass is 10.2. The minimum Gasteiger partial charge on any atom is -0.474 e. The van der Waals surface area contributed by atoms with E-state index in [0.717, 1.165) is 6.07 Å². The van der Waals surface area contributed by atoms with Crippen LogP contribution in [0.5, 0.6) is 5.75 Å². The molecule has 0 aliphatic heterocycles. The molecule has 2 rings (SSSR count). The molecule has 0 heterocycles. The highest BCUT2D eigenvalue weighted by atomic mass is 19.2. The largest absolute Gasteiger partial charge is 0.474 e. The van der Waals surface area contributed by atoms with Gasteiger partial charge in [0.05, 0.1) is 10.6 Å². The number of nitrogens with one attached hydrogen (secondary N) is 1. The van der Waals surface area contributed by atoms with Gasteiger partial charge in [-0.25, -0.2) is 13.2 Å². The first-order valence-electron chi connectivity index (χ1n) is 6.65. The van der Waals surface area contributed by atoms with E-state index in [9.17, 15) is 28.1 Å². The molecule has 2 aromatic carbocycles. The third-order valence-corrected chi connectivity index (χ3v) is 3.03. The van der Waals surface area contributed by atoms with Gasteiger partial charge >= 0.3 is 5.69 Å². The summed E-state index contributed by atoms with van der Waals surface area (Å²) in [7, 11) is 0. The molecule has 0 fully saturated rings. The van der Waals surface area contributed by atoms with Crippen molar-refractivity contribution in [2.45, 2.75) is 13.0 Å². The zero-order valence-corrected chi connectivity index (χ0v) is 12.3. The van der Waals surface area contributed by atoms with Gasteiger partial charge in [-0.2, -0.15) is 0 Å². The van der Waals surface area contributed by atoms with Gasteiger partial charge in [0.15, 0.2) is 29.3 Å². The fourth-order valence-electron chi connectivity index (χ4n) is 1.81. The molecule has 2 aromatic rings.